The number of phenols is 2. The standard InChI is InChI=1S/C14H22N2O3/c1-3-7-16(4-2)14(19)11(15)8-10-5-6-12(17)13(18)9-10/h5-6,9,11,17-18H,3-4,7-8,15H2,1-2H3/t11-/m0/s1. The highest BCUT2D eigenvalue weighted by Crippen LogP contribution is 2.25. The molecule has 0 radical (unpaired) electrons. The van der Waals surface area contributed by atoms with E-state index in [9.17, 15) is 15.0 Å². The predicted molar refractivity (Wildman–Crippen MR) is 74.0 cm³/mol. The van der Waals surface area contributed by atoms with Crippen LogP contribution in [0.25, 0.3) is 0 Å². The molecule has 0 aromatic heterocycles. The van der Waals surface area contributed by atoms with Gasteiger partial charge in [-0.1, -0.05) is 13.0 Å². The minimum Gasteiger partial charge on any atom is -0.504 e. The Kier molecular flexibility index (Phi) is 5.63. The van der Waals surface area contributed by atoms with E-state index in [4.69, 9.17) is 5.73 Å². The molecule has 0 bridgehead atoms. The van der Waals surface area contributed by atoms with Gasteiger partial charge in [0.25, 0.3) is 0 Å². The number of aromatic hydroxyl groups is 2. The Morgan fingerprint density at radius 1 is 1.32 bits per heavy atom. The SMILES string of the molecule is CCCN(CC)C(=O)[C@@H](N)Cc1ccc(O)c(O)c1. The summed E-state index contributed by atoms with van der Waals surface area (Å²) < 4.78 is 0. The van der Waals surface area contributed by atoms with Gasteiger partial charge in [0.2, 0.25) is 5.91 Å². The van der Waals surface area contributed by atoms with E-state index < -0.39 is 6.04 Å². The summed E-state index contributed by atoms with van der Waals surface area (Å²) in [6, 6.07) is 3.85. The van der Waals surface area contributed by atoms with Gasteiger partial charge in [-0.05, 0) is 37.5 Å². The number of benzene rings is 1. The van der Waals surface area contributed by atoms with Gasteiger partial charge in [0, 0.05) is 13.1 Å². The van der Waals surface area contributed by atoms with Gasteiger partial charge in [0.1, 0.15) is 0 Å². The van der Waals surface area contributed by atoms with Crippen LogP contribution < -0.4 is 5.73 Å². The summed E-state index contributed by atoms with van der Waals surface area (Å²) >= 11 is 0. The highest BCUT2D eigenvalue weighted by atomic mass is 16.3. The number of amides is 1. The molecule has 1 aromatic rings. The first kappa shape index (κ1) is 15.3. The number of carbonyl (C=O) groups is 1. The molecule has 1 amide bonds. The van der Waals surface area contributed by atoms with E-state index in [1.807, 2.05) is 13.8 Å². The molecule has 5 nitrogen and oxygen atoms in total. The number of rotatable bonds is 6. The van der Waals surface area contributed by atoms with E-state index in [0.29, 0.717) is 19.5 Å². The Labute approximate surface area is 113 Å². The van der Waals surface area contributed by atoms with Crippen molar-refractivity contribution in [3.05, 3.63) is 23.8 Å². The molecule has 1 atom stereocenters. The van der Waals surface area contributed by atoms with Gasteiger partial charge in [-0.15, -0.1) is 0 Å². The van der Waals surface area contributed by atoms with Gasteiger partial charge in [-0.2, -0.15) is 0 Å². The van der Waals surface area contributed by atoms with Gasteiger partial charge in [0.05, 0.1) is 6.04 Å². The van der Waals surface area contributed by atoms with Gasteiger partial charge in [0.15, 0.2) is 11.5 Å². The lowest BCUT2D eigenvalue weighted by Crippen LogP contribution is -2.45. The maximum Gasteiger partial charge on any atom is 0.239 e. The summed E-state index contributed by atoms with van der Waals surface area (Å²) in [4.78, 5) is 13.8. The van der Waals surface area contributed by atoms with Crippen molar-refractivity contribution in [1.82, 2.24) is 4.90 Å². The third kappa shape index (κ3) is 4.13. The fourth-order valence-corrected chi connectivity index (χ4v) is 1.97. The second-order valence-electron chi connectivity index (χ2n) is 4.55. The minimum absolute atomic E-state index is 0.0862. The summed E-state index contributed by atoms with van der Waals surface area (Å²) in [5.74, 6) is -0.459. The van der Waals surface area contributed by atoms with Crippen LogP contribution in [0.3, 0.4) is 0 Å². The van der Waals surface area contributed by atoms with Gasteiger partial charge in [-0.3, -0.25) is 4.79 Å². The smallest absolute Gasteiger partial charge is 0.239 e. The van der Waals surface area contributed by atoms with Gasteiger partial charge < -0.3 is 20.8 Å². The molecule has 5 heteroatoms. The van der Waals surface area contributed by atoms with Gasteiger partial charge >= 0.3 is 0 Å². The van der Waals surface area contributed by atoms with Crippen LogP contribution in [0.5, 0.6) is 11.5 Å². The van der Waals surface area contributed by atoms with E-state index in [1.165, 1.54) is 12.1 Å². The van der Waals surface area contributed by atoms with E-state index in [2.05, 4.69) is 0 Å². The molecular formula is C14H22N2O3. The fourth-order valence-electron chi connectivity index (χ4n) is 1.97. The zero-order valence-electron chi connectivity index (χ0n) is 11.5. The Hall–Kier alpha value is -1.75. The van der Waals surface area contributed by atoms with E-state index >= 15 is 0 Å². The number of hydrogen-bond donors (Lipinski definition) is 3. The molecule has 106 valence electrons. The lowest BCUT2D eigenvalue weighted by atomic mass is 10.0. The van der Waals surface area contributed by atoms with Crippen LogP contribution in [0.2, 0.25) is 0 Å². The quantitative estimate of drug-likeness (QED) is 0.676. The lowest BCUT2D eigenvalue weighted by molar-refractivity contribution is -0.132. The number of likely N-dealkylation sites (N-methyl/N-ethyl adjacent to an activating group) is 1. The average Bonchev–Trinajstić information content (AvgIpc) is 2.39. The number of carbonyl (C=O) groups excluding carboxylic acids is 1. The first-order valence-electron chi connectivity index (χ1n) is 6.54. The predicted octanol–water partition coefficient (Wildman–Crippen LogP) is 1.23. The van der Waals surface area contributed by atoms with Crippen LogP contribution in [-0.2, 0) is 11.2 Å². The van der Waals surface area contributed by atoms with E-state index in [1.54, 1.807) is 11.0 Å². The van der Waals surface area contributed by atoms with Crippen molar-refractivity contribution in [2.24, 2.45) is 5.73 Å². The van der Waals surface area contributed by atoms with Crippen LogP contribution in [0, 0.1) is 0 Å². The highest BCUT2D eigenvalue weighted by Gasteiger charge is 2.19. The number of phenolic OH excluding ortho intramolecular Hbond substituents is 2. The van der Waals surface area contributed by atoms with Crippen molar-refractivity contribution in [1.29, 1.82) is 0 Å². The summed E-state index contributed by atoms with van der Waals surface area (Å²) in [7, 11) is 0. The molecule has 0 aliphatic rings. The van der Waals surface area contributed by atoms with Crippen molar-refractivity contribution in [3.63, 3.8) is 0 Å². The molecule has 19 heavy (non-hydrogen) atoms. The molecule has 0 saturated heterocycles. The van der Waals surface area contributed by atoms with Crippen molar-refractivity contribution in [2.75, 3.05) is 13.1 Å². The summed E-state index contributed by atoms with van der Waals surface area (Å²) in [5.41, 5.74) is 6.63. The van der Waals surface area contributed by atoms with Gasteiger partial charge in [-0.25, -0.2) is 0 Å². The second-order valence-corrected chi connectivity index (χ2v) is 4.55. The van der Waals surface area contributed by atoms with Crippen molar-refractivity contribution in [3.8, 4) is 11.5 Å². The molecule has 0 heterocycles. The Balaban J connectivity index is 2.69. The Bertz CT molecular complexity index is 435. The molecule has 0 fully saturated rings. The molecule has 1 aromatic carbocycles. The van der Waals surface area contributed by atoms with Crippen molar-refractivity contribution >= 4 is 5.91 Å². The van der Waals surface area contributed by atoms with E-state index in [-0.39, 0.29) is 17.4 Å². The number of hydrogen-bond acceptors (Lipinski definition) is 4. The topological polar surface area (TPSA) is 86.8 Å². The Morgan fingerprint density at radius 2 is 2.00 bits per heavy atom. The summed E-state index contributed by atoms with van der Waals surface area (Å²) in [6.45, 7) is 5.27. The maximum absolute atomic E-state index is 12.1. The maximum atomic E-state index is 12.1. The largest absolute Gasteiger partial charge is 0.504 e. The summed E-state index contributed by atoms with van der Waals surface area (Å²) in [6.07, 6.45) is 1.24. The molecule has 0 aliphatic carbocycles. The van der Waals surface area contributed by atoms with Crippen LogP contribution in [0.1, 0.15) is 25.8 Å². The normalized spacial score (nSPS) is 12.2. The number of nitrogens with zero attached hydrogens (tertiary/aromatic N) is 1. The molecule has 4 N–H and O–H groups in total. The zero-order chi connectivity index (χ0) is 14.4. The number of nitrogens with two attached hydrogens (primary N) is 1. The van der Waals surface area contributed by atoms with E-state index in [0.717, 1.165) is 12.0 Å². The monoisotopic (exact) mass is 266 g/mol. The molecule has 0 saturated carbocycles. The first-order valence-corrected chi connectivity index (χ1v) is 6.54. The molecule has 1 rings (SSSR count). The highest BCUT2D eigenvalue weighted by molar-refractivity contribution is 5.82. The van der Waals surface area contributed by atoms with Crippen molar-refractivity contribution in [2.45, 2.75) is 32.7 Å². The van der Waals surface area contributed by atoms with Crippen LogP contribution in [0.4, 0.5) is 0 Å². The molecule has 0 spiro atoms. The molecule has 0 aliphatic heterocycles. The average molecular weight is 266 g/mol. The zero-order valence-corrected chi connectivity index (χ0v) is 11.5. The van der Waals surface area contributed by atoms with Crippen molar-refractivity contribution < 1.29 is 15.0 Å². The lowest BCUT2D eigenvalue weighted by Gasteiger charge is -2.23. The first-order chi connectivity index (χ1) is 8.99. The second kappa shape index (κ2) is 6.99. The Morgan fingerprint density at radius 3 is 2.53 bits per heavy atom. The molecule has 0 unspecified atom stereocenters. The molecular weight excluding hydrogens is 244 g/mol. The van der Waals surface area contributed by atoms with Crippen LogP contribution >= 0.6 is 0 Å². The minimum atomic E-state index is -0.629. The van der Waals surface area contributed by atoms with Crippen LogP contribution in [0.15, 0.2) is 18.2 Å². The summed E-state index contributed by atoms with van der Waals surface area (Å²) in [5, 5.41) is 18.6. The third-order valence-corrected chi connectivity index (χ3v) is 3.00. The van der Waals surface area contributed by atoms with Crippen LogP contribution in [-0.4, -0.2) is 40.2 Å². The fraction of sp³-hybridized carbons (Fsp3) is 0.500. The third-order valence-electron chi connectivity index (χ3n) is 3.00.